The lowest BCUT2D eigenvalue weighted by atomic mass is 10.2. The molecule has 2 N–H and O–H groups in total. The van der Waals surface area contributed by atoms with Crippen LogP contribution in [0.1, 0.15) is 13.3 Å². The summed E-state index contributed by atoms with van der Waals surface area (Å²) in [7, 11) is 1.91. The van der Waals surface area contributed by atoms with Crippen LogP contribution in [0.25, 0.3) is 20.8 Å². The Kier molecular flexibility index (Phi) is 4.79. The number of aliphatic hydroxyl groups excluding tert-OH is 1. The van der Waals surface area contributed by atoms with Gasteiger partial charge >= 0.3 is 0 Å². The number of nitrogens with one attached hydrogen (secondary N) is 1. The predicted octanol–water partition coefficient (Wildman–Crippen LogP) is 4.15. The lowest BCUT2D eigenvalue weighted by Crippen LogP contribution is -2.15. The van der Waals surface area contributed by atoms with Crippen molar-refractivity contribution in [3.05, 3.63) is 42.5 Å². The predicted molar refractivity (Wildman–Crippen MR) is 96.4 cm³/mol. The fourth-order valence-corrected chi connectivity index (χ4v) is 3.21. The van der Waals surface area contributed by atoms with E-state index >= 15 is 0 Å². The summed E-state index contributed by atoms with van der Waals surface area (Å²) in [6.07, 6.45) is 0.267. The molecule has 0 saturated heterocycles. The normalized spacial score (nSPS) is 12.3. The molecule has 0 radical (unpaired) electrons. The van der Waals surface area contributed by atoms with Gasteiger partial charge in [-0.3, -0.25) is 0 Å². The van der Waals surface area contributed by atoms with E-state index in [4.69, 9.17) is 4.74 Å². The first kappa shape index (κ1) is 15.8. The largest absolute Gasteiger partial charge is 0.491 e. The summed E-state index contributed by atoms with van der Waals surface area (Å²) < 4.78 is 6.72. The van der Waals surface area contributed by atoms with Crippen LogP contribution >= 0.6 is 11.3 Å². The second-order valence-corrected chi connectivity index (χ2v) is 6.38. The van der Waals surface area contributed by atoms with Gasteiger partial charge in [-0.05, 0) is 48.9 Å². The van der Waals surface area contributed by atoms with Gasteiger partial charge in [0, 0.05) is 18.3 Å². The number of thiazole rings is 1. The molecular weight excluding hydrogens is 308 g/mol. The molecule has 0 aliphatic carbocycles. The van der Waals surface area contributed by atoms with Crippen molar-refractivity contribution < 1.29 is 9.84 Å². The van der Waals surface area contributed by atoms with Gasteiger partial charge in [0.2, 0.25) is 0 Å². The molecule has 0 bridgehead atoms. The van der Waals surface area contributed by atoms with Crippen molar-refractivity contribution in [1.29, 1.82) is 0 Å². The molecule has 3 aromatic rings. The van der Waals surface area contributed by atoms with Crippen molar-refractivity contribution >= 4 is 27.2 Å². The van der Waals surface area contributed by atoms with Crippen molar-refractivity contribution in [3.63, 3.8) is 0 Å². The van der Waals surface area contributed by atoms with Crippen molar-refractivity contribution in [3.8, 4) is 16.3 Å². The van der Waals surface area contributed by atoms with E-state index in [1.54, 1.807) is 11.3 Å². The topological polar surface area (TPSA) is 54.4 Å². The first-order valence-electron chi connectivity index (χ1n) is 7.69. The molecule has 4 nitrogen and oxygen atoms in total. The average molecular weight is 328 g/mol. The summed E-state index contributed by atoms with van der Waals surface area (Å²) in [6.45, 7) is 2.26. The van der Waals surface area contributed by atoms with Crippen LogP contribution < -0.4 is 10.1 Å². The minimum atomic E-state index is -0.423. The third-order valence-electron chi connectivity index (χ3n) is 3.69. The highest BCUT2D eigenvalue weighted by Crippen LogP contribution is 2.32. The van der Waals surface area contributed by atoms with Gasteiger partial charge in [0.25, 0.3) is 0 Å². The zero-order valence-corrected chi connectivity index (χ0v) is 14.1. The molecule has 0 saturated carbocycles. The number of aliphatic hydroxyl groups is 1. The quantitative estimate of drug-likeness (QED) is 0.713. The van der Waals surface area contributed by atoms with Crippen LogP contribution in [0.3, 0.4) is 0 Å². The van der Waals surface area contributed by atoms with Crippen molar-refractivity contribution in [2.45, 2.75) is 19.4 Å². The molecule has 0 fully saturated rings. The zero-order chi connectivity index (χ0) is 16.2. The first-order chi connectivity index (χ1) is 11.2. The number of hydrogen-bond acceptors (Lipinski definition) is 5. The molecule has 1 atom stereocenters. The van der Waals surface area contributed by atoms with E-state index in [9.17, 15) is 5.11 Å². The summed E-state index contributed by atoms with van der Waals surface area (Å²) in [6, 6.07) is 14.1. The van der Waals surface area contributed by atoms with E-state index in [0.717, 1.165) is 32.2 Å². The zero-order valence-electron chi connectivity index (χ0n) is 13.2. The van der Waals surface area contributed by atoms with Crippen LogP contribution in [0, 0.1) is 0 Å². The van der Waals surface area contributed by atoms with Gasteiger partial charge in [-0.2, -0.15) is 0 Å². The second kappa shape index (κ2) is 6.98. The Bertz CT molecular complexity index is 783. The molecule has 0 aliphatic rings. The number of hydrogen-bond donors (Lipinski definition) is 2. The fourth-order valence-electron chi connectivity index (χ4n) is 2.21. The summed E-state index contributed by atoms with van der Waals surface area (Å²) in [5.74, 6) is 0.769. The molecule has 2 aromatic carbocycles. The van der Waals surface area contributed by atoms with Crippen LogP contribution in [0.2, 0.25) is 0 Å². The van der Waals surface area contributed by atoms with E-state index in [1.165, 1.54) is 0 Å². The number of anilines is 1. The Labute approximate surface area is 139 Å². The van der Waals surface area contributed by atoms with Crippen LogP contribution in [0.15, 0.2) is 42.5 Å². The molecule has 5 heteroatoms. The molecule has 1 unspecified atom stereocenters. The van der Waals surface area contributed by atoms with Crippen molar-refractivity contribution in [2.24, 2.45) is 0 Å². The van der Waals surface area contributed by atoms with Gasteiger partial charge in [-0.1, -0.05) is 6.92 Å². The highest BCUT2D eigenvalue weighted by Gasteiger charge is 2.08. The summed E-state index contributed by atoms with van der Waals surface area (Å²) in [4.78, 5) is 4.68. The third kappa shape index (κ3) is 3.63. The molecule has 23 heavy (non-hydrogen) atoms. The average Bonchev–Trinajstić information content (AvgIpc) is 3.03. The highest BCUT2D eigenvalue weighted by atomic mass is 32.1. The van der Waals surface area contributed by atoms with Gasteiger partial charge in [0.05, 0.1) is 16.3 Å². The van der Waals surface area contributed by atoms with E-state index in [1.807, 2.05) is 44.3 Å². The lowest BCUT2D eigenvalue weighted by molar-refractivity contribution is 0.104. The SMILES string of the molecule is CCC(O)COc1ccc2nc(-c3ccc(NC)cc3)sc2c1. The van der Waals surface area contributed by atoms with Gasteiger partial charge in [-0.25, -0.2) is 4.98 Å². The third-order valence-corrected chi connectivity index (χ3v) is 4.76. The fraction of sp³-hybridized carbons (Fsp3) is 0.278. The summed E-state index contributed by atoms with van der Waals surface area (Å²) in [5, 5.41) is 13.7. The highest BCUT2D eigenvalue weighted by molar-refractivity contribution is 7.21. The Hall–Kier alpha value is -2.11. The maximum Gasteiger partial charge on any atom is 0.124 e. The Morgan fingerprint density at radius 1 is 1.22 bits per heavy atom. The molecule has 120 valence electrons. The number of nitrogens with zero attached hydrogens (tertiary/aromatic N) is 1. The Morgan fingerprint density at radius 3 is 2.70 bits per heavy atom. The van der Waals surface area contributed by atoms with Crippen molar-refractivity contribution in [1.82, 2.24) is 4.98 Å². The first-order valence-corrected chi connectivity index (χ1v) is 8.51. The minimum absolute atomic E-state index is 0.319. The Morgan fingerprint density at radius 2 is 2.00 bits per heavy atom. The molecule has 1 heterocycles. The number of ether oxygens (including phenoxy) is 1. The standard InChI is InChI=1S/C18H20N2O2S/c1-3-14(21)11-22-15-8-9-16-17(10-15)23-18(20-16)12-4-6-13(19-2)7-5-12/h4-10,14,19,21H,3,11H2,1-2H3. The lowest BCUT2D eigenvalue weighted by Gasteiger charge is -2.09. The number of benzene rings is 2. The molecular formula is C18H20N2O2S. The second-order valence-electron chi connectivity index (χ2n) is 5.35. The molecule has 0 spiro atoms. The van der Waals surface area contributed by atoms with Crippen LogP contribution in [0.5, 0.6) is 5.75 Å². The smallest absolute Gasteiger partial charge is 0.124 e. The number of rotatable bonds is 6. The molecule has 0 amide bonds. The van der Waals surface area contributed by atoms with Crippen molar-refractivity contribution in [2.75, 3.05) is 19.0 Å². The van der Waals surface area contributed by atoms with E-state index < -0.39 is 6.10 Å². The van der Waals surface area contributed by atoms with Gasteiger partial charge in [0.1, 0.15) is 17.4 Å². The van der Waals surface area contributed by atoms with Gasteiger partial charge in [0.15, 0.2) is 0 Å². The van der Waals surface area contributed by atoms with Gasteiger partial charge in [-0.15, -0.1) is 11.3 Å². The maximum absolute atomic E-state index is 9.59. The minimum Gasteiger partial charge on any atom is -0.491 e. The number of fused-ring (bicyclic) bond motifs is 1. The summed E-state index contributed by atoms with van der Waals surface area (Å²) >= 11 is 1.64. The van der Waals surface area contributed by atoms with Crippen LogP contribution in [-0.2, 0) is 0 Å². The van der Waals surface area contributed by atoms with Crippen LogP contribution in [0.4, 0.5) is 5.69 Å². The number of aromatic nitrogens is 1. The monoisotopic (exact) mass is 328 g/mol. The van der Waals surface area contributed by atoms with E-state index in [2.05, 4.69) is 22.4 Å². The summed E-state index contributed by atoms with van der Waals surface area (Å²) in [5.41, 5.74) is 3.15. The Balaban J connectivity index is 1.83. The molecule has 1 aromatic heterocycles. The van der Waals surface area contributed by atoms with Gasteiger partial charge < -0.3 is 15.2 Å². The van der Waals surface area contributed by atoms with E-state index in [0.29, 0.717) is 13.0 Å². The van der Waals surface area contributed by atoms with E-state index in [-0.39, 0.29) is 0 Å². The molecule has 3 rings (SSSR count). The molecule has 0 aliphatic heterocycles. The van der Waals surface area contributed by atoms with Crippen LogP contribution in [-0.4, -0.2) is 29.8 Å². The maximum atomic E-state index is 9.59.